The number of carboxylic acids is 1. The van der Waals surface area contributed by atoms with Crippen molar-refractivity contribution in [2.45, 2.75) is 44.3 Å². The van der Waals surface area contributed by atoms with E-state index in [1.54, 1.807) is 0 Å². The predicted octanol–water partition coefficient (Wildman–Crippen LogP) is 1.94. The second-order valence-corrected chi connectivity index (χ2v) is 5.40. The maximum absolute atomic E-state index is 12.6. The Morgan fingerprint density at radius 3 is 2.32 bits per heavy atom. The summed E-state index contributed by atoms with van der Waals surface area (Å²) in [5.41, 5.74) is 0. The summed E-state index contributed by atoms with van der Waals surface area (Å²) in [6, 6.07) is -0.483. The molecule has 0 bridgehead atoms. The van der Waals surface area contributed by atoms with Crippen molar-refractivity contribution in [2.75, 3.05) is 0 Å². The Labute approximate surface area is 108 Å². The zero-order valence-electron chi connectivity index (χ0n) is 10.2. The van der Waals surface area contributed by atoms with Gasteiger partial charge in [0.05, 0.1) is 17.8 Å². The zero-order valence-corrected chi connectivity index (χ0v) is 10.2. The van der Waals surface area contributed by atoms with Crippen LogP contribution in [0.2, 0.25) is 0 Å². The number of aliphatic carboxylic acids is 1. The number of carboxylic acid groups (broad SMARTS) is 1. The van der Waals surface area contributed by atoms with Gasteiger partial charge in [0.1, 0.15) is 0 Å². The number of carbonyl (C=O) groups excluding carboxylic acids is 1. The lowest BCUT2D eigenvalue weighted by Crippen LogP contribution is -2.42. The molecule has 0 aliphatic heterocycles. The van der Waals surface area contributed by atoms with Crippen molar-refractivity contribution in [1.82, 2.24) is 5.32 Å². The van der Waals surface area contributed by atoms with E-state index in [9.17, 15) is 22.8 Å². The molecular formula is C12H16F3NO3. The van der Waals surface area contributed by atoms with Crippen molar-refractivity contribution in [1.29, 1.82) is 0 Å². The molecule has 0 radical (unpaired) electrons. The van der Waals surface area contributed by atoms with Gasteiger partial charge in [-0.2, -0.15) is 13.2 Å². The fraction of sp³-hybridized carbons (Fsp3) is 0.833. The highest BCUT2D eigenvalue weighted by Crippen LogP contribution is 2.40. The van der Waals surface area contributed by atoms with Crippen LogP contribution in [0.5, 0.6) is 0 Å². The van der Waals surface area contributed by atoms with Gasteiger partial charge in [-0.1, -0.05) is 6.42 Å². The van der Waals surface area contributed by atoms with Crippen molar-refractivity contribution in [2.24, 2.45) is 17.8 Å². The van der Waals surface area contributed by atoms with Crippen LogP contribution in [0, 0.1) is 17.8 Å². The molecule has 2 aliphatic rings. The molecular weight excluding hydrogens is 263 g/mol. The predicted molar refractivity (Wildman–Crippen MR) is 59.2 cm³/mol. The van der Waals surface area contributed by atoms with Crippen molar-refractivity contribution in [3.8, 4) is 0 Å². The Morgan fingerprint density at radius 1 is 1.11 bits per heavy atom. The van der Waals surface area contributed by atoms with Crippen LogP contribution in [-0.2, 0) is 9.59 Å². The second-order valence-electron chi connectivity index (χ2n) is 5.40. The van der Waals surface area contributed by atoms with E-state index in [2.05, 4.69) is 5.32 Å². The monoisotopic (exact) mass is 279 g/mol. The molecule has 4 atom stereocenters. The van der Waals surface area contributed by atoms with Gasteiger partial charge in [0.25, 0.3) is 0 Å². The first-order valence-electron chi connectivity index (χ1n) is 6.39. The van der Waals surface area contributed by atoms with Crippen LogP contribution in [0.4, 0.5) is 13.2 Å². The number of hydrogen-bond donors (Lipinski definition) is 2. The standard InChI is InChI=1S/C12H16F3NO3/c13-12(14,15)6-2-1-3-7(4-6)16-10(17)8-5-9(8)11(18)19/h6-9H,1-5H2,(H,16,17)(H,18,19)/t6-,7-,8-,9+/m0/s1. The summed E-state index contributed by atoms with van der Waals surface area (Å²) in [5.74, 6) is -4.02. The van der Waals surface area contributed by atoms with Gasteiger partial charge in [-0.15, -0.1) is 0 Å². The summed E-state index contributed by atoms with van der Waals surface area (Å²) < 4.78 is 37.8. The Hall–Kier alpha value is -1.27. The molecule has 2 fully saturated rings. The molecule has 0 heterocycles. The molecule has 1 amide bonds. The van der Waals surface area contributed by atoms with Gasteiger partial charge in [-0.25, -0.2) is 0 Å². The molecule has 0 spiro atoms. The molecule has 2 saturated carbocycles. The topological polar surface area (TPSA) is 66.4 Å². The van der Waals surface area contributed by atoms with E-state index in [0.29, 0.717) is 12.8 Å². The summed E-state index contributed by atoms with van der Waals surface area (Å²) in [7, 11) is 0. The highest BCUT2D eigenvalue weighted by atomic mass is 19.4. The van der Waals surface area contributed by atoms with Gasteiger partial charge in [0.15, 0.2) is 0 Å². The number of alkyl halides is 3. The first-order valence-corrected chi connectivity index (χ1v) is 6.39. The van der Waals surface area contributed by atoms with Crippen LogP contribution in [0.1, 0.15) is 32.1 Å². The van der Waals surface area contributed by atoms with Crippen LogP contribution in [0.15, 0.2) is 0 Å². The summed E-state index contributed by atoms with van der Waals surface area (Å²) in [5, 5.41) is 11.3. The van der Waals surface area contributed by atoms with Gasteiger partial charge >= 0.3 is 12.1 Å². The fourth-order valence-corrected chi connectivity index (χ4v) is 2.68. The SMILES string of the molecule is O=C(N[C@H]1CCC[C@H](C(F)(F)F)C1)[C@H]1C[C@H]1C(=O)O. The third-order valence-electron chi connectivity index (χ3n) is 3.93. The summed E-state index contributed by atoms with van der Waals surface area (Å²) in [6.45, 7) is 0. The lowest BCUT2D eigenvalue weighted by molar-refractivity contribution is -0.184. The number of nitrogens with one attached hydrogen (secondary N) is 1. The number of carbonyl (C=O) groups is 2. The van der Waals surface area contributed by atoms with Crippen LogP contribution in [0.25, 0.3) is 0 Å². The third kappa shape index (κ3) is 3.39. The molecule has 0 aromatic carbocycles. The number of rotatable bonds is 3. The third-order valence-corrected chi connectivity index (χ3v) is 3.93. The molecule has 0 aromatic heterocycles. The van der Waals surface area contributed by atoms with Crippen LogP contribution >= 0.6 is 0 Å². The molecule has 0 saturated heterocycles. The van der Waals surface area contributed by atoms with Gasteiger partial charge in [0.2, 0.25) is 5.91 Å². The largest absolute Gasteiger partial charge is 0.481 e. The minimum absolute atomic E-state index is 0.0975. The Kier molecular flexibility index (Phi) is 3.73. The Bertz CT molecular complexity index is 383. The minimum atomic E-state index is -4.22. The molecule has 7 heteroatoms. The summed E-state index contributed by atoms with van der Waals surface area (Å²) in [4.78, 5) is 22.3. The van der Waals surface area contributed by atoms with Crippen molar-refractivity contribution >= 4 is 11.9 Å². The average Bonchev–Trinajstić information content (AvgIpc) is 3.08. The molecule has 2 N–H and O–H groups in total. The number of halogens is 3. The molecule has 108 valence electrons. The molecule has 2 aliphatic carbocycles. The van der Waals surface area contributed by atoms with Crippen LogP contribution in [-0.4, -0.2) is 29.2 Å². The van der Waals surface area contributed by atoms with E-state index in [1.807, 2.05) is 0 Å². The lowest BCUT2D eigenvalue weighted by Gasteiger charge is -2.31. The zero-order chi connectivity index (χ0) is 14.2. The number of amides is 1. The van der Waals surface area contributed by atoms with Gasteiger partial charge in [0, 0.05) is 6.04 Å². The normalized spacial score (nSPS) is 34.7. The highest BCUT2D eigenvalue weighted by Gasteiger charge is 2.49. The van der Waals surface area contributed by atoms with Crippen molar-refractivity contribution in [3.05, 3.63) is 0 Å². The number of hydrogen-bond acceptors (Lipinski definition) is 2. The quantitative estimate of drug-likeness (QED) is 0.829. The average molecular weight is 279 g/mol. The van der Waals surface area contributed by atoms with E-state index in [0.717, 1.165) is 0 Å². The lowest BCUT2D eigenvalue weighted by atomic mass is 9.85. The molecule has 19 heavy (non-hydrogen) atoms. The van der Waals surface area contributed by atoms with Crippen LogP contribution in [0.3, 0.4) is 0 Å². The minimum Gasteiger partial charge on any atom is -0.481 e. The van der Waals surface area contributed by atoms with E-state index >= 15 is 0 Å². The summed E-state index contributed by atoms with van der Waals surface area (Å²) in [6.07, 6.45) is -2.95. The Balaban J connectivity index is 1.83. The first kappa shape index (κ1) is 14.1. The van der Waals surface area contributed by atoms with Gasteiger partial charge in [-0.3, -0.25) is 9.59 Å². The van der Waals surface area contributed by atoms with Crippen molar-refractivity contribution < 1.29 is 27.9 Å². The van der Waals surface area contributed by atoms with Crippen molar-refractivity contribution in [3.63, 3.8) is 0 Å². The fourth-order valence-electron chi connectivity index (χ4n) is 2.68. The van der Waals surface area contributed by atoms with E-state index in [-0.39, 0.29) is 19.3 Å². The second kappa shape index (κ2) is 5.02. The molecule has 0 unspecified atom stereocenters. The smallest absolute Gasteiger partial charge is 0.391 e. The molecule has 0 aromatic rings. The van der Waals surface area contributed by atoms with E-state index in [1.165, 1.54) is 0 Å². The molecule has 4 nitrogen and oxygen atoms in total. The summed E-state index contributed by atoms with van der Waals surface area (Å²) >= 11 is 0. The maximum atomic E-state index is 12.6. The van der Waals surface area contributed by atoms with E-state index in [4.69, 9.17) is 5.11 Å². The first-order chi connectivity index (χ1) is 8.79. The van der Waals surface area contributed by atoms with Gasteiger partial charge < -0.3 is 10.4 Å². The highest BCUT2D eigenvalue weighted by molar-refractivity contribution is 5.89. The Morgan fingerprint density at radius 2 is 1.79 bits per heavy atom. The maximum Gasteiger partial charge on any atom is 0.391 e. The van der Waals surface area contributed by atoms with Crippen LogP contribution < -0.4 is 5.32 Å². The van der Waals surface area contributed by atoms with Gasteiger partial charge in [-0.05, 0) is 25.7 Å². The molecule has 2 rings (SSSR count). The van der Waals surface area contributed by atoms with E-state index < -0.39 is 41.8 Å².